The van der Waals surface area contributed by atoms with Crippen LogP contribution in [0.3, 0.4) is 0 Å². The smallest absolute Gasteiger partial charge is 0.0998 e. The fraction of sp³-hybridized carbons (Fsp3) is 0.545. The van der Waals surface area contributed by atoms with Gasteiger partial charge >= 0.3 is 0 Å². The second-order valence-corrected chi connectivity index (χ2v) is 5.28. The minimum atomic E-state index is -0.0374. The molecule has 0 bridgehead atoms. The van der Waals surface area contributed by atoms with Crippen molar-refractivity contribution in [3.05, 3.63) is 22.4 Å². The number of hydrogen-bond acceptors (Lipinski definition) is 2. The summed E-state index contributed by atoms with van der Waals surface area (Å²) in [6.45, 7) is 8.30. The van der Waals surface area contributed by atoms with E-state index in [9.17, 15) is 0 Å². The van der Waals surface area contributed by atoms with Gasteiger partial charge in [0.15, 0.2) is 0 Å². The van der Waals surface area contributed by atoms with Crippen LogP contribution in [0, 0.1) is 5.41 Å². The lowest BCUT2D eigenvalue weighted by molar-refractivity contribution is 0.576. The second kappa shape index (κ2) is 4.13. The topological polar surface area (TPSA) is 38.4 Å². The standard InChI is InChI=1S/C11H18N2S/c1-8(9-5-6-14-7-9)13-10(12)11(2,3)4/h5-8H,1-4H3,(H2,12,13). The molecule has 0 spiro atoms. The number of nitrogens with zero attached hydrogens (tertiary/aromatic N) is 1. The number of thiophene rings is 1. The number of hydrogen-bond donors (Lipinski definition) is 1. The average molecular weight is 210 g/mol. The molecule has 1 rings (SSSR count). The molecule has 1 atom stereocenters. The Kier molecular flexibility index (Phi) is 3.32. The van der Waals surface area contributed by atoms with Crippen LogP contribution in [-0.2, 0) is 0 Å². The zero-order valence-corrected chi connectivity index (χ0v) is 10.1. The Bertz CT molecular complexity index is 307. The summed E-state index contributed by atoms with van der Waals surface area (Å²) in [5, 5.41) is 4.18. The van der Waals surface area contributed by atoms with Crippen molar-refractivity contribution in [3.8, 4) is 0 Å². The average Bonchev–Trinajstić information content (AvgIpc) is 2.53. The number of rotatable bonds is 2. The molecule has 0 aliphatic heterocycles. The van der Waals surface area contributed by atoms with Crippen molar-refractivity contribution in [3.63, 3.8) is 0 Å². The molecule has 3 heteroatoms. The van der Waals surface area contributed by atoms with Crippen molar-refractivity contribution in [2.75, 3.05) is 0 Å². The van der Waals surface area contributed by atoms with Gasteiger partial charge in [-0.15, -0.1) is 0 Å². The van der Waals surface area contributed by atoms with Gasteiger partial charge in [-0.1, -0.05) is 20.8 Å². The van der Waals surface area contributed by atoms with E-state index in [-0.39, 0.29) is 11.5 Å². The fourth-order valence-electron chi connectivity index (χ4n) is 0.990. The first-order chi connectivity index (χ1) is 6.41. The van der Waals surface area contributed by atoms with Gasteiger partial charge in [0.05, 0.1) is 11.9 Å². The molecule has 1 heterocycles. The fourth-order valence-corrected chi connectivity index (χ4v) is 1.74. The molecular weight excluding hydrogens is 192 g/mol. The predicted octanol–water partition coefficient (Wildman–Crippen LogP) is 3.21. The van der Waals surface area contributed by atoms with Crippen LogP contribution in [0.4, 0.5) is 0 Å². The highest BCUT2D eigenvalue weighted by molar-refractivity contribution is 7.07. The monoisotopic (exact) mass is 210 g/mol. The molecule has 0 aliphatic rings. The highest BCUT2D eigenvalue weighted by atomic mass is 32.1. The largest absolute Gasteiger partial charge is 0.387 e. The Hall–Kier alpha value is -0.830. The molecule has 2 nitrogen and oxygen atoms in total. The molecule has 0 radical (unpaired) electrons. The van der Waals surface area contributed by atoms with Gasteiger partial charge in [0.2, 0.25) is 0 Å². The lowest BCUT2D eigenvalue weighted by Gasteiger charge is -2.19. The van der Waals surface area contributed by atoms with Crippen molar-refractivity contribution >= 4 is 17.2 Å². The highest BCUT2D eigenvalue weighted by Crippen LogP contribution is 2.22. The van der Waals surface area contributed by atoms with E-state index in [1.807, 2.05) is 0 Å². The van der Waals surface area contributed by atoms with Crippen molar-refractivity contribution in [1.82, 2.24) is 0 Å². The quantitative estimate of drug-likeness (QED) is 0.591. The lowest BCUT2D eigenvalue weighted by Crippen LogP contribution is -2.29. The molecule has 0 aliphatic carbocycles. The Labute approximate surface area is 89.9 Å². The molecule has 78 valence electrons. The summed E-state index contributed by atoms with van der Waals surface area (Å²) in [6, 6.07) is 2.26. The van der Waals surface area contributed by atoms with Crippen LogP contribution in [0.15, 0.2) is 21.8 Å². The van der Waals surface area contributed by atoms with Gasteiger partial charge in [0.1, 0.15) is 0 Å². The first-order valence-corrected chi connectivity index (χ1v) is 5.71. The van der Waals surface area contributed by atoms with Crippen LogP contribution in [0.1, 0.15) is 39.3 Å². The predicted molar refractivity (Wildman–Crippen MR) is 63.8 cm³/mol. The molecule has 0 amide bonds. The third-order valence-electron chi connectivity index (χ3n) is 2.13. The van der Waals surface area contributed by atoms with E-state index in [0.717, 1.165) is 5.84 Å². The van der Waals surface area contributed by atoms with Gasteiger partial charge in [-0.2, -0.15) is 11.3 Å². The molecule has 1 aromatic rings. The summed E-state index contributed by atoms with van der Waals surface area (Å²) in [5.74, 6) is 0.719. The van der Waals surface area contributed by atoms with Crippen LogP contribution < -0.4 is 5.73 Å². The summed E-state index contributed by atoms with van der Waals surface area (Å²) < 4.78 is 0. The zero-order valence-electron chi connectivity index (χ0n) is 9.24. The lowest BCUT2D eigenvalue weighted by atomic mass is 9.95. The minimum Gasteiger partial charge on any atom is -0.387 e. The maximum Gasteiger partial charge on any atom is 0.0998 e. The summed E-state index contributed by atoms with van der Waals surface area (Å²) in [6.07, 6.45) is 0. The first kappa shape index (κ1) is 11.2. The Morgan fingerprint density at radius 2 is 2.14 bits per heavy atom. The van der Waals surface area contributed by atoms with Crippen molar-refractivity contribution < 1.29 is 0 Å². The van der Waals surface area contributed by atoms with E-state index in [2.05, 4.69) is 49.5 Å². The van der Waals surface area contributed by atoms with Gasteiger partial charge < -0.3 is 5.73 Å². The first-order valence-electron chi connectivity index (χ1n) is 4.77. The molecule has 14 heavy (non-hydrogen) atoms. The van der Waals surface area contributed by atoms with E-state index in [0.29, 0.717) is 0 Å². The minimum absolute atomic E-state index is 0.0374. The van der Waals surface area contributed by atoms with E-state index < -0.39 is 0 Å². The van der Waals surface area contributed by atoms with Gasteiger partial charge in [0, 0.05) is 5.41 Å². The SMILES string of the molecule is CC(N=C(N)C(C)(C)C)c1ccsc1. The van der Waals surface area contributed by atoms with E-state index in [1.54, 1.807) is 11.3 Å². The third-order valence-corrected chi connectivity index (χ3v) is 2.83. The van der Waals surface area contributed by atoms with Crippen molar-refractivity contribution in [1.29, 1.82) is 0 Å². The van der Waals surface area contributed by atoms with Crippen LogP contribution in [0.25, 0.3) is 0 Å². The summed E-state index contributed by atoms with van der Waals surface area (Å²) in [7, 11) is 0. The van der Waals surface area contributed by atoms with Crippen molar-refractivity contribution in [2.45, 2.75) is 33.7 Å². The third kappa shape index (κ3) is 2.84. The van der Waals surface area contributed by atoms with Gasteiger partial charge in [-0.05, 0) is 29.3 Å². The molecule has 1 unspecified atom stereocenters. The zero-order chi connectivity index (χ0) is 10.8. The van der Waals surface area contributed by atoms with E-state index in [4.69, 9.17) is 5.73 Å². The van der Waals surface area contributed by atoms with Crippen LogP contribution >= 0.6 is 11.3 Å². The molecule has 2 N–H and O–H groups in total. The molecule has 0 saturated carbocycles. The Morgan fingerprint density at radius 3 is 2.57 bits per heavy atom. The maximum absolute atomic E-state index is 5.91. The van der Waals surface area contributed by atoms with Gasteiger partial charge in [-0.25, -0.2) is 0 Å². The molecule has 0 saturated heterocycles. The van der Waals surface area contributed by atoms with Crippen LogP contribution in [0.5, 0.6) is 0 Å². The normalized spacial score (nSPS) is 15.6. The Balaban J connectivity index is 2.78. The molecular formula is C11H18N2S. The van der Waals surface area contributed by atoms with Gasteiger partial charge in [0.25, 0.3) is 0 Å². The second-order valence-electron chi connectivity index (χ2n) is 4.50. The van der Waals surface area contributed by atoms with Gasteiger partial charge in [-0.3, -0.25) is 4.99 Å². The summed E-state index contributed by atoms with van der Waals surface area (Å²) in [4.78, 5) is 4.49. The molecule has 0 aromatic carbocycles. The number of nitrogens with two attached hydrogens (primary N) is 1. The summed E-state index contributed by atoms with van der Waals surface area (Å²) >= 11 is 1.69. The molecule has 1 aromatic heterocycles. The molecule has 0 fully saturated rings. The van der Waals surface area contributed by atoms with E-state index >= 15 is 0 Å². The number of amidine groups is 1. The van der Waals surface area contributed by atoms with E-state index in [1.165, 1.54) is 5.56 Å². The highest BCUT2D eigenvalue weighted by Gasteiger charge is 2.16. The summed E-state index contributed by atoms with van der Waals surface area (Å²) in [5.41, 5.74) is 7.11. The number of aliphatic imine (C=N–C) groups is 1. The maximum atomic E-state index is 5.91. The van der Waals surface area contributed by atoms with Crippen molar-refractivity contribution in [2.24, 2.45) is 16.1 Å². The van der Waals surface area contributed by atoms with Crippen LogP contribution in [0.2, 0.25) is 0 Å². The van der Waals surface area contributed by atoms with Crippen LogP contribution in [-0.4, -0.2) is 5.84 Å². The Morgan fingerprint density at radius 1 is 1.50 bits per heavy atom.